The third-order valence-electron chi connectivity index (χ3n) is 1.29. The lowest BCUT2D eigenvalue weighted by molar-refractivity contribution is -0.138. The molecule has 4 heteroatoms. The molecule has 0 radical (unpaired) electrons. The summed E-state index contributed by atoms with van der Waals surface area (Å²) in [6, 6.07) is -0.716. The summed E-state index contributed by atoms with van der Waals surface area (Å²) in [5.74, 6) is -0.933. The highest BCUT2D eigenvalue weighted by atomic mass is 16.4. The van der Waals surface area contributed by atoms with E-state index in [1.807, 2.05) is 0 Å². The van der Waals surface area contributed by atoms with Crippen LogP contribution in [0.25, 0.3) is 0 Å². The van der Waals surface area contributed by atoms with E-state index in [0.717, 1.165) is 12.8 Å². The van der Waals surface area contributed by atoms with Crippen molar-refractivity contribution in [3.63, 3.8) is 0 Å². The van der Waals surface area contributed by atoms with Crippen LogP contribution in [0.1, 0.15) is 19.3 Å². The fourth-order valence-electron chi connectivity index (χ4n) is 0.632. The summed E-state index contributed by atoms with van der Waals surface area (Å²) >= 11 is 0. The van der Waals surface area contributed by atoms with E-state index in [4.69, 9.17) is 16.6 Å². The number of unbranched alkanes of at least 4 members (excludes halogenated alkanes) is 1. The van der Waals surface area contributed by atoms with Gasteiger partial charge in [-0.05, 0) is 19.4 Å². The Balaban J connectivity index is 3.21. The summed E-state index contributed by atoms with van der Waals surface area (Å²) in [5.41, 5.74) is 10.4. The Morgan fingerprint density at radius 2 is 2.10 bits per heavy atom. The second-order valence-electron chi connectivity index (χ2n) is 2.23. The van der Waals surface area contributed by atoms with Gasteiger partial charge >= 0.3 is 5.97 Å². The molecule has 0 unspecified atom stereocenters. The molecule has 0 amide bonds. The van der Waals surface area contributed by atoms with Gasteiger partial charge in [-0.1, -0.05) is 6.42 Å². The van der Waals surface area contributed by atoms with Crippen LogP contribution in [-0.2, 0) is 4.79 Å². The van der Waals surface area contributed by atoms with Gasteiger partial charge in [0.1, 0.15) is 6.04 Å². The van der Waals surface area contributed by atoms with E-state index in [0.29, 0.717) is 13.0 Å². The molecule has 0 spiro atoms. The van der Waals surface area contributed by atoms with Gasteiger partial charge in [-0.2, -0.15) is 0 Å². The normalized spacial score (nSPS) is 13.0. The lowest BCUT2D eigenvalue weighted by Gasteiger charge is -2.03. The molecule has 5 N–H and O–H groups in total. The summed E-state index contributed by atoms with van der Waals surface area (Å²) in [6.07, 6.45) is 2.16. The van der Waals surface area contributed by atoms with Crippen LogP contribution < -0.4 is 11.5 Å². The molecule has 0 fully saturated rings. The maximum Gasteiger partial charge on any atom is 0.320 e. The van der Waals surface area contributed by atoms with Crippen molar-refractivity contribution in [1.82, 2.24) is 0 Å². The van der Waals surface area contributed by atoms with E-state index in [-0.39, 0.29) is 0 Å². The molecule has 0 bridgehead atoms. The van der Waals surface area contributed by atoms with E-state index in [1.165, 1.54) is 0 Å². The average molecular weight is 147 g/mol. The maximum atomic E-state index is 10.1. The molecule has 0 heterocycles. The predicted octanol–water partition coefficient (Wildman–Crippen LogP) is -0.473. The second-order valence-corrected chi connectivity index (χ2v) is 2.23. The standard InChI is InChI=1S/C6H14N2O2/c7-4-2-1-3-5(8)6(9)10/h5H,1-4,7-8H2,(H,9,10)/t5-/m0/s1/i8+1. The molecule has 4 nitrogen and oxygen atoms in total. The summed E-state index contributed by atoms with van der Waals surface area (Å²) in [6.45, 7) is 0.604. The fourth-order valence-corrected chi connectivity index (χ4v) is 0.632. The second kappa shape index (κ2) is 5.20. The molecule has 0 aromatic heterocycles. The van der Waals surface area contributed by atoms with Crippen molar-refractivity contribution < 1.29 is 9.90 Å². The van der Waals surface area contributed by atoms with Crippen molar-refractivity contribution in [3.8, 4) is 0 Å². The number of hydrogen-bond acceptors (Lipinski definition) is 3. The summed E-state index contributed by atoms with van der Waals surface area (Å²) in [5, 5.41) is 8.33. The zero-order valence-electron chi connectivity index (χ0n) is 5.92. The molecule has 0 aromatic rings. The van der Waals surface area contributed by atoms with Crippen LogP contribution in [0, 0.1) is 0 Å². The summed E-state index contributed by atoms with van der Waals surface area (Å²) in [7, 11) is 0. The van der Waals surface area contributed by atoms with Crippen molar-refractivity contribution in [2.45, 2.75) is 25.3 Å². The zero-order valence-corrected chi connectivity index (χ0v) is 5.92. The maximum absolute atomic E-state index is 10.1. The van der Waals surface area contributed by atoms with Gasteiger partial charge in [-0.15, -0.1) is 0 Å². The minimum Gasteiger partial charge on any atom is -0.480 e. The summed E-state index contributed by atoms with van der Waals surface area (Å²) < 4.78 is 0. The number of carboxylic acid groups (broad SMARTS) is 1. The Kier molecular flexibility index (Phi) is 4.88. The summed E-state index contributed by atoms with van der Waals surface area (Å²) in [4.78, 5) is 10.1. The molecule has 0 saturated heterocycles. The fraction of sp³-hybridized carbons (Fsp3) is 0.833. The topological polar surface area (TPSA) is 89.3 Å². The third kappa shape index (κ3) is 4.29. The van der Waals surface area contributed by atoms with Gasteiger partial charge in [0.15, 0.2) is 0 Å². The quantitative estimate of drug-likeness (QED) is 0.362. The molecule has 60 valence electrons. The lowest BCUT2D eigenvalue weighted by Crippen LogP contribution is -2.29. The Hall–Kier alpha value is -0.610. The Labute approximate surface area is 60.2 Å². The van der Waals surface area contributed by atoms with Gasteiger partial charge in [-0.25, -0.2) is 0 Å². The van der Waals surface area contributed by atoms with E-state index < -0.39 is 12.0 Å². The first kappa shape index (κ1) is 9.39. The molecule has 0 rings (SSSR count). The molecular formula is C6H14N2O2. The SMILES string of the molecule is NCCCC[C@H]([15NH2])C(=O)O. The minimum absolute atomic E-state index is 0.520. The van der Waals surface area contributed by atoms with Crippen LogP contribution in [0.3, 0.4) is 0 Å². The van der Waals surface area contributed by atoms with Crippen molar-refractivity contribution in [3.05, 3.63) is 0 Å². The Morgan fingerprint density at radius 1 is 1.50 bits per heavy atom. The zero-order chi connectivity index (χ0) is 7.98. The van der Waals surface area contributed by atoms with Gasteiger partial charge in [0.2, 0.25) is 0 Å². The number of rotatable bonds is 5. The first-order chi connectivity index (χ1) is 4.68. The molecule has 0 aliphatic carbocycles. The average Bonchev–Trinajstić information content (AvgIpc) is 1.88. The Bertz CT molecular complexity index is 106. The Morgan fingerprint density at radius 3 is 2.50 bits per heavy atom. The molecule has 1 atom stereocenters. The molecule has 0 aliphatic rings. The van der Waals surface area contributed by atoms with Crippen LogP contribution in [0.4, 0.5) is 0 Å². The minimum atomic E-state index is -0.933. The van der Waals surface area contributed by atoms with E-state index in [2.05, 4.69) is 0 Å². The first-order valence-corrected chi connectivity index (χ1v) is 3.37. The predicted molar refractivity (Wildman–Crippen MR) is 38.5 cm³/mol. The van der Waals surface area contributed by atoms with Gasteiger partial charge in [0.05, 0.1) is 0 Å². The highest BCUT2D eigenvalue weighted by Crippen LogP contribution is 1.96. The van der Waals surface area contributed by atoms with Crippen molar-refractivity contribution in [2.75, 3.05) is 6.54 Å². The first-order valence-electron chi connectivity index (χ1n) is 3.37. The molecular weight excluding hydrogens is 133 g/mol. The number of carbonyl (C=O) groups is 1. The molecule has 10 heavy (non-hydrogen) atoms. The monoisotopic (exact) mass is 147 g/mol. The number of hydrogen-bond donors (Lipinski definition) is 3. The molecule has 0 aromatic carbocycles. The smallest absolute Gasteiger partial charge is 0.320 e. The highest BCUT2D eigenvalue weighted by Gasteiger charge is 2.09. The van der Waals surface area contributed by atoms with Crippen LogP contribution in [0.2, 0.25) is 0 Å². The largest absolute Gasteiger partial charge is 0.480 e. The van der Waals surface area contributed by atoms with E-state index >= 15 is 0 Å². The lowest BCUT2D eigenvalue weighted by atomic mass is 10.1. The molecule has 0 saturated carbocycles. The van der Waals surface area contributed by atoms with E-state index in [1.54, 1.807) is 0 Å². The van der Waals surface area contributed by atoms with Crippen molar-refractivity contribution in [1.29, 1.82) is 0 Å². The van der Waals surface area contributed by atoms with Crippen molar-refractivity contribution >= 4 is 5.97 Å². The van der Waals surface area contributed by atoms with E-state index in [9.17, 15) is 4.79 Å². The van der Waals surface area contributed by atoms with Gasteiger partial charge < -0.3 is 16.6 Å². The van der Waals surface area contributed by atoms with Crippen molar-refractivity contribution in [2.24, 2.45) is 11.5 Å². The van der Waals surface area contributed by atoms with Crippen LogP contribution >= 0.6 is 0 Å². The van der Waals surface area contributed by atoms with Crippen LogP contribution in [0.5, 0.6) is 0 Å². The number of nitrogens with two attached hydrogens (primary N) is 2. The van der Waals surface area contributed by atoms with Gasteiger partial charge in [-0.3, -0.25) is 4.79 Å². The molecule has 0 aliphatic heterocycles. The third-order valence-corrected chi connectivity index (χ3v) is 1.29. The van der Waals surface area contributed by atoms with Gasteiger partial charge in [0, 0.05) is 0 Å². The van der Waals surface area contributed by atoms with Crippen LogP contribution in [0.15, 0.2) is 0 Å². The van der Waals surface area contributed by atoms with Gasteiger partial charge in [0.25, 0.3) is 0 Å². The van der Waals surface area contributed by atoms with Crippen LogP contribution in [-0.4, -0.2) is 23.7 Å². The highest BCUT2D eigenvalue weighted by molar-refractivity contribution is 5.72. The number of carboxylic acids is 1. The number of aliphatic carboxylic acids is 1.